The van der Waals surface area contributed by atoms with E-state index in [9.17, 15) is 4.79 Å². The lowest BCUT2D eigenvalue weighted by molar-refractivity contribution is 0.0278. The predicted octanol–water partition coefficient (Wildman–Crippen LogP) is 3.35. The second-order valence-corrected chi connectivity index (χ2v) is 6.33. The van der Waals surface area contributed by atoms with Gasteiger partial charge in [-0.25, -0.2) is 4.79 Å². The Morgan fingerprint density at radius 1 is 1.48 bits per heavy atom. The number of morpholine rings is 1. The molecule has 1 aromatic carbocycles. The first-order valence-corrected chi connectivity index (χ1v) is 7.35. The van der Waals surface area contributed by atoms with Crippen molar-refractivity contribution < 1.29 is 14.3 Å². The summed E-state index contributed by atoms with van der Waals surface area (Å²) in [4.78, 5) is 11.8. The van der Waals surface area contributed by atoms with Gasteiger partial charge in [-0.05, 0) is 39.0 Å². The lowest BCUT2D eigenvalue weighted by atomic mass is 10.1. The lowest BCUT2D eigenvalue weighted by Crippen LogP contribution is -2.33. The molecule has 1 fully saturated rings. The van der Waals surface area contributed by atoms with Crippen LogP contribution in [0.2, 0.25) is 5.02 Å². The molecule has 1 saturated heterocycles. The fraction of sp³-hybridized carbons (Fsp3) is 0.533. The molecule has 1 atom stereocenters. The van der Waals surface area contributed by atoms with Crippen LogP contribution in [0.1, 0.15) is 32.4 Å². The number of benzene rings is 1. The maximum Gasteiger partial charge on any atom is 0.412 e. The second kappa shape index (κ2) is 6.64. The molecule has 2 rings (SSSR count). The van der Waals surface area contributed by atoms with Crippen molar-refractivity contribution in [3.05, 3.63) is 28.8 Å². The highest BCUT2D eigenvalue weighted by Crippen LogP contribution is 2.29. The first-order chi connectivity index (χ1) is 9.85. The topological polar surface area (TPSA) is 59.6 Å². The van der Waals surface area contributed by atoms with E-state index < -0.39 is 11.7 Å². The molecule has 1 unspecified atom stereocenters. The van der Waals surface area contributed by atoms with Gasteiger partial charge in [0.1, 0.15) is 5.60 Å². The molecular formula is C15H21ClN2O3. The summed E-state index contributed by atoms with van der Waals surface area (Å²) in [5, 5.41) is 6.59. The number of halogens is 1. The Labute approximate surface area is 130 Å². The summed E-state index contributed by atoms with van der Waals surface area (Å²) in [5.74, 6) is 0. The standard InChI is InChI=1S/C15H21ClN2O3/c1-15(2,3)21-14(19)18-10-4-5-12(16)11(8-10)13-9-17-6-7-20-13/h4-5,8,13,17H,6-7,9H2,1-3H3,(H,18,19). The van der Waals surface area contributed by atoms with Crippen molar-refractivity contribution >= 4 is 23.4 Å². The maximum absolute atomic E-state index is 11.8. The summed E-state index contributed by atoms with van der Waals surface area (Å²) >= 11 is 6.22. The van der Waals surface area contributed by atoms with Crippen LogP contribution in [0.25, 0.3) is 0 Å². The van der Waals surface area contributed by atoms with Gasteiger partial charge in [0.15, 0.2) is 0 Å². The highest BCUT2D eigenvalue weighted by atomic mass is 35.5. The van der Waals surface area contributed by atoms with E-state index in [0.717, 1.165) is 12.1 Å². The third-order valence-corrected chi connectivity index (χ3v) is 3.26. The molecule has 2 N–H and O–H groups in total. The van der Waals surface area contributed by atoms with Crippen LogP contribution in [-0.4, -0.2) is 31.4 Å². The molecule has 21 heavy (non-hydrogen) atoms. The van der Waals surface area contributed by atoms with Crippen molar-refractivity contribution in [1.82, 2.24) is 5.32 Å². The van der Waals surface area contributed by atoms with E-state index in [0.29, 0.717) is 23.9 Å². The molecule has 0 spiro atoms. The van der Waals surface area contributed by atoms with Crippen LogP contribution in [0.5, 0.6) is 0 Å². The van der Waals surface area contributed by atoms with Gasteiger partial charge in [0.25, 0.3) is 0 Å². The number of ether oxygens (including phenoxy) is 2. The molecule has 6 heteroatoms. The largest absolute Gasteiger partial charge is 0.444 e. The molecule has 0 bridgehead atoms. The predicted molar refractivity (Wildman–Crippen MR) is 82.9 cm³/mol. The van der Waals surface area contributed by atoms with Crippen LogP contribution in [0.15, 0.2) is 18.2 Å². The third kappa shape index (κ3) is 4.88. The van der Waals surface area contributed by atoms with Gasteiger partial charge in [0, 0.05) is 29.4 Å². The minimum atomic E-state index is -0.532. The van der Waals surface area contributed by atoms with Crippen molar-refractivity contribution in [3.8, 4) is 0 Å². The number of amides is 1. The number of anilines is 1. The van der Waals surface area contributed by atoms with E-state index in [1.54, 1.807) is 12.1 Å². The Morgan fingerprint density at radius 3 is 2.86 bits per heavy atom. The molecule has 0 aliphatic carbocycles. The molecule has 0 radical (unpaired) electrons. The number of hydrogen-bond acceptors (Lipinski definition) is 4. The molecule has 0 saturated carbocycles. The van der Waals surface area contributed by atoms with Crippen LogP contribution < -0.4 is 10.6 Å². The number of carbonyl (C=O) groups excluding carboxylic acids is 1. The second-order valence-electron chi connectivity index (χ2n) is 5.93. The van der Waals surface area contributed by atoms with Crippen LogP contribution >= 0.6 is 11.6 Å². The number of hydrogen-bond donors (Lipinski definition) is 2. The van der Waals surface area contributed by atoms with Gasteiger partial charge in [-0.15, -0.1) is 0 Å². The van der Waals surface area contributed by atoms with E-state index in [-0.39, 0.29) is 6.10 Å². The van der Waals surface area contributed by atoms with Crippen LogP contribution in [0, 0.1) is 0 Å². The summed E-state index contributed by atoms with van der Waals surface area (Å²) in [6.45, 7) is 7.65. The number of carbonyl (C=O) groups is 1. The zero-order chi connectivity index (χ0) is 15.5. The SMILES string of the molecule is CC(C)(C)OC(=O)Nc1ccc(Cl)c(C2CNCCO2)c1. The molecular weight excluding hydrogens is 292 g/mol. The Morgan fingerprint density at radius 2 is 2.24 bits per heavy atom. The van der Waals surface area contributed by atoms with Gasteiger partial charge >= 0.3 is 6.09 Å². The average molecular weight is 313 g/mol. The van der Waals surface area contributed by atoms with Crippen molar-refractivity contribution in [2.75, 3.05) is 25.0 Å². The van der Waals surface area contributed by atoms with Crippen LogP contribution in [0.4, 0.5) is 10.5 Å². The highest BCUT2D eigenvalue weighted by Gasteiger charge is 2.20. The van der Waals surface area contributed by atoms with Crippen LogP contribution in [-0.2, 0) is 9.47 Å². The van der Waals surface area contributed by atoms with E-state index in [2.05, 4.69) is 10.6 Å². The molecule has 1 aliphatic rings. The van der Waals surface area contributed by atoms with Crippen molar-refractivity contribution in [1.29, 1.82) is 0 Å². The van der Waals surface area contributed by atoms with Crippen molar-refractivity contribution in [2.24, 2.45) is 0 Å². The summed E-state index contributed by atoms with van der Waals surface area (Å²) < 4.78 is 10.9. The monoisotopic (exact) mass is 312 g/mol. The first-order valence-electron chi connectivity index (χ1n) is 6.97. The quantitative estimate of drug-likeness (QED) is 0.879. The number of rotatable bonds is 2. The fourth-order valence-corrected chi connectivity index (χ4v) is 2.29. The van der Waals surface area contributed by atoms with Gasteiger partial charge in [-0.1, -0.05) is 11.6 Å². The molecule has 5 nitrogen and oxygen atoms in total. The molecule has 1 aliphatic heterocycles. The maximum atomic E-state index is 11.8. The molecule has 1 aromatic rings. The summed E-state index contributed by atoms with van der Waals surface area (Å²) in [6, 6.07) is 5.32. The zero-order valence-corrected chi connectivity index (χ0v) is 13.3. The number of nitrogens with one attached hydrogen (secondary N) is 2. The normalized spacial score (nSPS) is 19.1. The van der Waals surface area contributed by atoms with E-state index >= 15 is 0 Å². The van der Waals surface area contributed by atoms with E-state index in [4.69, 9.17) is 21.1 Å². The summed E-state index contributed by atoms with van der Waals surface area (Å²) in [6.07, 6.45) is -0.593. The zero-order valence-electron chi connectivity index (χ0n) is 12.5. The fourth-order valence-electron chi connectivity index (χ4n) is 2.05. The van der Waals surface area contributed by atoms with Crippen molar-refractivity contribution in [3.63, 3.8) is 0 Å². The third-order valence-electron chi connectivity index (χ3n) is 2.92. The smallest absolute Gasteiger partial charge is 0.412 e. The molecule has 1 amide bonds. The average Bonchev–Trinajstić information content (AvgIpc) is 2.40. The summed E-state index contributed by atoms with van der Waals surface area (Å²) in [7, 11) is 0. The van der Waals surface area contributed by atoms with Gasteiger partial charge in [0.2, 0.25) is 0 Å². The lowest BCUT2D eigenvalue weighted by Gasteiger charge is -2.25. The van der Waals surface area contributed by atoms with E-state index in [1.807, 2.05) is 26.8 Å². The molecule has 116 valence electrons. The van der Waals surface area contributed by atoms with Crippen molar-refractivity contribution in [2.45, 2.75) is 32.5 Å². The molecule has 0 aromatic heterocycles. The minimum Gasteiger partial charge on any atom is -0.444 e. The summed E-state index contributed by atoms with van der Waals surface area (Å²) in [5.41, 5.74) is 0.964. The van der Waals surface area contributed by atoms with Gasteiger partial charge in [-0.3, -0.25) is 5.32 Å². The van der Waals surface area contributed by atoms with Gasteiger partial charge < -0.3 is 14.8 Å². The van der Waals surface area contributed by atoms with Gasteiger partial charge in [0.05, 0.1) is 12.7 Å². The first kappa shape index (κ1) is 16.1. The Balaban J connectivity index is 2.09. The van der Waals surface area contributed by atoms with Gasteiger partial charge in [-0.2, -0.15) is 0 Å². The Bertz CT molecular complexity index is 508. The van der Waals surface area contributed by atoms with Crippen LogP contribution in [0.3, 0.4) is 0 Å². The Kier molecular flexibility index (Phi) is 5.08. The Hall–Kier alpha value is -1.30. The molecule has 1 heterocycles. The highest BCUT2D eigenvalue weighted by molar-refractivity contribution is 6.31. The van der Waals surface area contributed by atoms with E-state index in [1.165, 1.54) is 0 Å². The minimum absolute atomic E-state index is 0.105.